The first-order valence-electron chi connectivity index (χ1n) is 7.62. The molecule has 2 atom stereocenters. The number of nitrogens with zero attached hydrogens (tertiary/aromatic N) is 1. The number of rotatable bonds is 4. The summed E-state index contributed by atoms with van der Waals surface area (Å²) in [6.45, 7) is 5.59. The Hall–Kier alpha value is -2.11. The van der Waals surface area contributed by atoms with E-state index in [4.69, 9.17) is 0 Å². The number of carbonyl (C=O) groups excluding carboxylic acids is 1. The molecule has 3 rings (SSSR count). The van der Waals surface area contributed by atoms with Crippen molar-refractivity contribution in [1.29, 1.82) is 0 Å². The van der Waals surface area contributed by atoms with Crippen LogP contribution in [0.1, 0.15) is 33.6 Å². The maximum atomic E-state index is 12.3. The molecule has 0 bridgehead atoms. The molecule has 1 aliphatic carbocycles. The lowest BCUT2D eigenvalue weighted by atomic mass is 9.87. The van der Waals surface area contributed by atoms with E-state index in [0.29, 0.717) is 5.92 Å². The number of dihydropyridines is 1. The third kappa shape index (κ3) is 2.05. The highest BCUT2D eigenvalue weighted by Crippen LogP contribution is 2.38. The summed E-state index contributed by atoms with van der Waals surface area (Å²) in [7, 11) is 0. The Morgan fingerprint density at radius 3 is 2.59 bits per heavy atom. The number of carboxylic acids is 1. The van der Waals surface area contributed by atoms with E-state index in [1.54, 1.807) is 19.1 Å². The highest BCUT2D eigenvalue weighted by atomic mass is 16.4. The molecule has 0 saturated heterocycles. The first kappa shape index (κ1) is 14.8. The van der Waals surface area contributed by atoms with Crippen LogP contribution in [0.25, 0.3) is 0 Å². The summed E-state index contributed by atoms with van der Waals surface area (Å²) >= 11 is 0. The lowest BCUT2D eigenvalue weighted by Gasteiger charge is -2.35. The normalized spacial score (nSPS) is 34.1. The summed E-state index contributed by atoms with van der Waals surface area (Å²) in [5.41, 5.74) is -1.46. The van der Waals surface area contributed by atoms with E-state index in [9.17, 15) is 14.7 Å². The molecule has 0 aromatic heterocycles. The Morgan fingerprint density at radius 2 is 2.09 bits per heavy atom. The summed E-state index contributed by atoms with van der Waals surface area (Å²) in [4.78, 5) is 28.3. The van der Waals surface area contributed by atoms with Crippen LogP contribution in [0, 0.1) is 11.8 Å². The van der Waals surface area contributed by atoms with E-state index < -0.39 is 17.0 Å². The van der Waals surface area contributed by atoms with E-state index in [2.05, 4.69) is 15.6 Å². The smallest absolute Gasteiger partial charge is 0.341 e. The number of aliphatic imine (C=N–C) groups is 1. The van der Waals surface area contributed by atoms with Gasteiger partial charge in [0.2, 0.25) is 5.54 Å². The Balaban J connectivity index is 1.95. The Bertz CT molecular complexity index is 631. The van der Waals surface area contributed by atoms with Gasteiger partial charge in [-0.15, -0.1) is 0 Å². The van der Waals surface area contributed by atoms with Gasteiger partial charge < -0.3 is 15.7 Å². The number of amidine groups is 1. The minimum atomic E-state index is -1.49. The van der Waals surface area contributed by atoms with Gasteiger partial charge in [-0.05, 0) is 43.8 Å². The largest absolute Gasteiger partial charge is 0.479 e. The number of hydrogen-bond acceptors (Lipinski definition) is 4. The van der Waals surface area contributed by atoms with Gasteiger partial charge >= 0.3 is 5.97 Å². The van der Waals surface area contributed by atoms with Crippen molar-refractivity contribution in [1.82, 2.24) is 10.6 Å². The Kier molecular flexibility index (Phi) is 3.16. The Morgan fingerprint density at radius 1 is 1.41 bits per heavy atom. The molecule has 0 radical (unpaired) electrons. The van der Waals surface area contributed by atoms with Crippen LogP contribution < -0.4 is 10.6 Å². The molecule has 0 aromatic carbocycles. The van der Waals surface area contributed by atoms with E-state index in [-0.39, 0.29) is 17.7 Å². The quantitative estimate of drug-likeness (QED) is 0.726. The minimum absolute atomic E-state index is 0.00175. The predicted octanol–water partition coefficient (Wildman–Crippen LogP) is 1.21. The average Bonchev–Trinajstić information content (AvgIpc) is 3.26. The van der Waals surface area contributed by atoms with Crippen LogP contribution in [0.4, 0.5) is 0 Å². The fourth-order valence-corrected chi connectivity index (χ4v) is 2.73. The summed E-state index contributed by atoms with van der Waals surface area (Å²) < 4.78 is 0. The lowest BCUT2D eigenvalue weighted by molar-refractivity contribution is -0.140. The molecular formula is C16H21N3O3. The number of carboxylic acid groups (broad SMARTS) is 1. The summed E-state index contributed by atoms with van der Waals surface area (Å²) in [5.74, 6) is -0.836. The number of carbonyl (C=O) groups is 2. The van der Waals surface area contributed by atoms with Crippen molar-refractivity contribution in [2.45, 2.75) is 44.7 Å². The third-order valence-electron chi connectivity index (χ3n) is 4.88. The number of allylic oxidation sites excluding steroid dienone is 3. The average molecular weight is 303 g/mol. The second kappa shape index (κ2) is 4.69. The van der Waals surface area contributed by atoms with Gasteiger partial charge in [-0.25, -0.2) is 4.79 Å². The molecule has 1 amide bonds. The molecule has 0 aromatic rings. The second-order valence-corrected chi connectivity index (χ2v) is 6.74. The van der Waals surface area contributed by atoms with Gasteiger partial charge in [-0.1, -0.05) is 19.9 Å². The summed E-state index contributed by atoms with van der Waals surface area (Å²) in [6, 6.07) is 0. The maximum Gasteiger partial charge on any atom is 0.341 e. The molecule has 2 unspecified atom stereocenters. The first-order valence-corrected chi connectivity index (χ1v) is 7.62. The van der Waals surface area contributed by atoms with Gasteiger partial charge in [-0.2, -0.15) is 4.99 Å². The third-order valence-corrected chi connectivity index (χ3v) is 4.88. The SMILES string of the molecule is CC(C)C1(C)NC(C2(C(=O)O)C=CC=C(C3CC3)N2)=NC1=O. The van der Waals surface area contributed by atoms with Crippen LogP contribution in [0.5, 0.6) is 0 Å². The summed E-state index contributed by atoms with van der Waals surface area (Å²) in [5, 5.41) is 16.0. The predicted molar refractivity (Wildman–Crippen MR) is 82.3 cm³/mol. The second-order valence-electron chi connectivity index (χ2n) is 6.74. The van der Waals surface area contributed by atoms with Crippen LogP contribution >= 0.6 is 0 Å². The lowest BCUT2D eigenvalue weighted by Crippen LogP contribution is -2.63. The van der Waals surface area contributed by atoms with E-state index in [1.165, 1.54) is 0 Å². The van der Waals surface area contributed by atoms with Gasteiger partial charge in [0.15, 0.2) is 0 Å². The van der Waals surface area contributed by atoms with Crippen LogP contribution in [-0.4, -0.2) is 33.9 Å². The molecule has 22 heavy (non-hydrogen) atoms. The zero-order valence-electron chi connectivity index (χ0n) is 13.0. The van der Waals surface area contributed by atoms with Crippen molar-refractivity contribution in [3.05, 3.63) is 23.9 Å². The fourth-order valence-electron chi connectivity index (χ4n) is 2.73. The molecule has 3 aliphatic rings. The van der Waals surface area contributed by atoms with Crippen LogP contribution in [0.15, 0.2) is 28.9 Å². The van der Waals surface area contributed by atoms with E-state index in [0.717, 1.165) is 18.5 Å². The molecule has 118 valence electrons. The van der Waals surface area contributed by atoms with Gasteiger partial charge in [-0.3, -0.25) is 4.79 Å². The summed E-state index contributed by atoms with van der Waals surface area (Å²) in [6.07, 6.45) is 7.30. The van der Waals surface area contributed by atoms with Crippen molar-refractivity contribution < 1.29 is 14.7 Å². The molecule has 1 saturated carbocycles. The minimum Gasteiger partial charge on any atom is -0.479 e. The number of amides is 1. The molecule has 0 spiro atoms. The van der Waals surface area contributed by atoms with Crippen molar-refractivity contribution in [2.75, 3.05) is 0 Å². The highest BCUT2D eigenvalue weighted by molar-refractivity contribution is 6.20. The first-order chi connectivity index (χ1) is 10.3. The molecule has 2 aliphatic heterocycles. The van der Waals surface area contributed by atoms with Gasteiger partial charge in [0.1, 0.15) is 11.4 Å². The topological polar surface area (TPSA) is 90.8 Å². The Labute approximate surface area is 129 Å². The maximum absolute atomic E-state index is 12.3. The number of aliphatic carboxylic acids is 1. The molecule has 2 heterocycles. The molecule has 6 nitrogen and oxygen atoms in total. The van der Waals surface area contributed by atoms with Crippen molar-refractivity contribution in [3.8, 4) is 0 Å². The van der Waals surface area contributed by atoms with Crippen molar-refractivity contribution >= 4 is 17.7 Å². The van der Waals surface area contributed by atoms with Crippen LogP contribution in [0.2, 0.25) is 0 Å². The van der Waals surface area contributed by atoms with E-state index >= 15 is 0 Å². The fraction of sp³-hybridized carbons (Fsp3) is 0.562. The number of hydrogen-bond donors (Lipinski definition) is 3. The standard InChI is InChI=1S/C16H21N3O3/c1-9(2)15(3)13(20)17-12(19-15)16(14(21)22)8-4-5-11(18-16)10-6-7-10/h4-5,8-10,18H,6-7H2,1-3H3,(H,21,22)(H,17,19,20). The van der Waals surface area contributed by atoms with Gasteiger partial charge in [0.05, 0.1) is 0 Å². The highest BCUT2D eigenvalue weighted by Gasteiger charge is 2.53. The van der Waals surface area contributed by atoms with Crippen LogP contribution in [0.3, 0.4) is 0 Å². The molecule has 1 fully saturated rings. The zero-order chi connectivity index (χ0) is 16.1. The van der Waals surface area contributed by atoms with Gasteiger partial charge in [0.25, 0.3) is 5.91 Å². The number of nitrogens with one attached hydrogen (secondary N) is 2. The monoisotopic (exact) mass is 303 g/mol. The molecular weight excluding hydrogens is 282 g/mol. The van der Waals surface area contributed by atoms with Crippen molar-refractivity contribution in [2.24, 2.45) is 16.8 Å². The molecule has 3 N–H and O–H groups in total. The van der Waals surface area contributed by atoms with Crippen LogP contribution in [-0.2, 0) is 9.59 Å². The zero-order valence-corrected chi connectivity index (χ0v) is 13.0. The van der Waals surface area contributed by atoms with E-state index in [1.807, 2.05) is 19.9 Å². The van der Waals surface area contributed by atoms with Gasteiger partial charge in [0, 0.05) is 5.70 Å². The molecule has 6 heteroatoms. The van der Waals surface area contributed by atoms with Crippen molar-refractivity contribution in [3.63, 3.8) is 0 Å².